The standard InChI is InChI=1S/C11H18N2O/c1-13(2)11-6-4-10(5-7-11)12-8-9-14-3/h4-7,12H,8-9H2,1-3H3. The van der Waals surface area contributed by atoms with E-state index in [9.17, 15) is 0 Å². The molecule has 14 heavy (non-hydrogen) atoms. The Bertz CT molecular complexity index is 256. The van der Waals surface area contributed by atoms with Gasteiger partial charge >= 0.3 is 0 Å². The molecule has 1 rings (SSSR count). The van der Waals surface area contributed by atoms with Crippen molar-refractivity contribution in [2.75, 3.05) is 44.6 Å². The summed E-state index contributed by atoms with van der Waals surface area (Å²) in [4.78, 5) is 2.08. The fraction of sp³-hybridized carbons (Fsp3) is 0.455. The van der Waals surface area contributed by atoms with Crippen molar-refractivity contribution in [3.8, 4) is 0 Å². The number of nitrogens with one attached hydrogen (secondary N) is 1. The molecule has 0 radical (unpaired) electrons. The predicted molar refractivity (Wildman–Crippen MR) is 61.1 cm³/mol. The van der Waals surface area contributed by atoms with E-state index in [0.717, 1.165) is 18.8 Å². The van der Waals surface area contributed by atoms with E-state index in [-0.39, 0.29) is 0 Å². The molecule has 3 nitrogen and oxygen atoms in total. The minimum Gasteiger partial charge on any atom is -0.383 e. The third-order valence-electron chi connectivity index (χ3n) is 2.02. The lowest BCUT2D eigenvalue weighted by molar-refractivity contribution is 0.211. The Labute approximate surface area is 85.7 Å². The average molecular weight is 194 g/mol. The Balaban J connectivity index is 2.47. The van der Waals surface area contributed by atoms with Crippen molar-refractivity contribution in [2.24, 2.45) is 0 Å². The Morgan fingerprint density at radius 2 is 1.86 bits per heavy atom. The summed E-state index contributed by atoms with van der Waals surface area (Å²) in [5, 5.41) is 3.27. The molecule has 0 aliphatic carbocycles. The second kappa shape index (κ2) is 5.50. The summed E-state index contributed by atoms with van der Waals surface area (Å²) >= 11 is 0. The first-order valence-corrected chi connectivity index (χ1v) is 4.74. The highest BCUT2D eigenvalue weighted by atomic mass is 16.5. The Kier molecular flexibility index (Phi) is 4.26. The van der Waals surface area contributed by atoms with Gasteiger partial charge in [0.05, 0.1) is 6.61 Å². The Hall–Kier alpha value is -1.22. The van der Waals surface area contributed by atoms with Crippen LogP contribution in [0.25, 0.3) is 0 Å². The molecule has 1 aromatic carbocycles. The third-order valence-corrected chi connectivity index (χ3v) is 2.02. The molecule has 1 N–H and O–H groups in total. The summed E-state index contributed by atoms with van der Waals surface area (Å²) in [7, 11) is 5.78. The van der Waals surface area contributed by atoms with Gasteiger partial charge in [0, 0.05) is 39.1 Å². The van der Waals surface area contributed by atoms with Crippen molar-refractivity contribution in [1.29, 1.82) is 0 Å². The van der Waals surface area contributed by atoms with Crippen molar-refractivity contribution in [2.45, 2.75) is 0 Å². The number of benzene rings is 1. The third kappa shape index (κ3) is 3.26. The SMILES string of the molecule is COCCNc1ccc(N(C)C)cc1. The lowest BCUT2D eigenvalue weighted by atomic mass is 10.2. The van der Waals surface area contributed by atoms with Crippen LogP contribution in [0.2, 0.25) is 0 Å². The van der Waals surface area contributed by atoms with Crippen LogP contribution in [0.15, 0.2) is 24.3 Å². The first kappa shape index (κ1) is 10.9. The molecular weight excluding hydrogens is 176 g/mol. The largest absolute Gasteiger partial charge is 0.383 e. The number of nitrogens with zero attached hydrogens (tertiary/aromatic N) is 1. The van der Waals surface area contributed by atoms with Crippen molar-refractivity contribution in [3.05, 3.63) is 24.3 Å². The van der Waals surface area contributed by atoms with Crippen LogP contribution in [0.1, 0.15) is 0 Å². The topological polar surface area (TPSA) is 24.5 Å². The molecule has 0 atom stereocenters. The molecule has 1 aromatic rings. The second-order valence-electron chi connectivity index (χ2n) is 3.36. The molecule has 78 valence electrons. The van der Waals surface area contributed by atoms with E-state index >= 15 is 0 Å². The zero-order valence-electron chi connectivity index (χ0n) is 9.08. The van der Waals surface area contributed by atoms with Crippen molar-refractivity contribution >= 4 is 11.4 Å². The van der Waals surface area contributed by atoms with Crippen molar-refractivity contribution < 1.29 is 4.74 Å². The number of anilines is 2. The molecular formula is C11H18N2O. The summed E-state index contributed by atoms with van der Waals surface area (Å²) in [5.41, 5.74) is 2.34. The van der Waals surface area contributed by atoms with E-state index in [1.165, 1.54) is 5.69 Å². The second-order valence-corrected chi connectivity index (χ2v) is 3.36. The van der Waals surface area contributed by atoms with E-state index in [4.69, 9.17) is 4.74 Å². The summed E-state index contributed by atoms with van der Waals surface area (Å²) in [6, 6.07) is 8.33. The fourth-order valence-corrected chi connectivity index (χ4v) is 1.17. The van der Waals surface area contributed by atoms with Gasteiger partial charge in [-0.25, -0.2) is 0 Å². The highest BCUT2D eigenvalue weighted by molar-refractivity contribution is 5.54. The van der Waals surface area contributed by atoms with Crippen molar-refractivity contribution in [1.82, 2.24) is 0 Å². The van der Waals surface area contributed by atoms with Gasteiger partial charge in [-0.2, -0.15) is 0 Å². The molecule has 0 heterocycles. The van der Waals surface area contributed by atoms with Gasteiger partial charge in [0.1, 0.15) is 0 Å². The molecule has 0 amide bonds. The molecule has 0 fully saturated rings. The first-order valence-electron chi connectivity index (χ1n) is 4.74. The van der Waals surface area contributed by atoms with E-state index in [2.05, 4.69) is 34.5 Å². The molecule has 0 aromatic heterocycles. The highest BCUT2D eigenvalue weighted by Crippen LogP contribution is 2.15. The van der Waals surface area contributed by atoms with Gasteiger partial charge in [-0.05, 0) is 24.3 Å². The fourth-order valence-electron chi connectivity index (χ4n) is 1.17. The minimum atomic E-state index is 0.732. The molecule has 0 aliphatic rings. The molecule has 0 saturated heterocycles. The summed E-state index contributed by atoms with van der Waals surface area (Å²) in [5.74, 6) is 0. The molecule has 0 unspecified atom stereocenters. The number of hydrogen-bond acceptors (Lipinski definition) is 3. The predicted octanol–water partition coefficient (Wildman–Crippen LogP) is 1.81. The highest BCUT2D eigenvalue weighted by Gasteiger charge is 1.94. The van der Waals surface area contributed by atoms with Gasteiger partial charge in [0.15, 0.2) is 0 Å². The van der Waals surface area contributed by atoms with Crippen LogP contribution in [-0.4, -0.2) is 34.4 Å². The van der Waals surface area contributed by atoms with Crippen LogP contribution in [-0.2, 0) is 4.74 Å². The quantitative estimate of drug-likeness (QED) is 0.723. The monoisotopic (exact) mass is 194 g/mol. The van der Waals surface area contributed by atoms with E-state index < -0.39 is 0 Å². The maximum Gasteiger partial charge on any atom is 0.0635 e. The Morgan fingerprint density at radius 1 is 1.21 bits per heavy atom. The van der Waals surface area contributed by atoms with Crippen LogP contribution in [0.5, 0.6) is 0 Å². The van der Waals surface area contributed by atoms with Crippen LogP contribution in [0.3, 0.4) is 0 Å². The molecule has 0 bridgehead atoms. The zero-order valence-corrected chi connectivity index (χ0v) is 9.08. The molecule has 0 saturated carbocycles. The first-order chi connectivity index (χ1) is 6.74. The summed E-state index contributed by atoms with van der Waals surface area (Å²) in [6.45, 7) is 1.58. The van der Waals surface area contributed by atoms with Gasteiger partial charge < -0.3 is 15.0 Å². The lowest BCUT2D eigenvalue weighted by Gasteiger charge is -2.13. The van der Waals surface area contributed by atoms with Gasteiger partial charge in [0.2, 0.25) is 0 Å². The zero-order chi connectivity index (χ0) is 10.4. The number of hydrogen-bond donors (Lipinski definition) is 1. The number of ether oxygens (including phenoxy) is 1. The molecule has 3 heteroatoms. The van der Waals surface area contributed by atoms with Crippen LogP contribution >= 0.6 is 0 Å². The maximum atomic E-state index is 4.95. The normalized spacial score (nSPS) is 9.93. The Morgan fingerprint density at radius 3 is 2.36 bits per heavy atom. The van der Waals surface area contributed by atoms with Crippen LogP contribution < -0.4 is 10.2 Å². The smallest absolute Gasteiger partial charge is 0.0635 e. The van der Waals surface area contributed by atoms with Gasteiger partial charge in [-0.3, -0.25) is 0 Å². The molecule has 0 spiro atoms. The van der Waals surface area contributed by atoms with Gasteiger partial charge in [0.25, 0.3) is 0 Å². The van der Waals surface area contributed by atoms with Crippen molar-refractivity contribution in [3.63, 3.8) is 0 Å². The average Bonchev–Trinajstić information content (AvgIpc) is 2.19. The summed E-state index contributed by atoms with van der Waals surface area (Å²) in [6.07, 6.45) is 0. The molecule has 0 aliphatic heterocycles. The number of methoxy groups -OCH3 is 1. The lowest BCUT2D eigenvalue weighted by Crippen LogP contribution is -2.09. The van der Waals surface area contributed by atoms with Crippen LogP contribution in [0.4, 0.5) is 11.4 Å². The van der Waals surface area contributed by atoms with Gasteiger partial charge in [-0.1, -0.05) is 0 Å². The van der Waals surface area contributed by atoms with Crippen LogP contribution in [0, 0.1) is 0 Å². The maximum absolute atomic E-state index is 4.95. The minimum absolute atomic E-state index is 0.732. The van der Waals surface area contributed by atoms with E-state index in [1.807, 2.05) is 14.1 Å². The van der Waals surface area contributed by atoms with E-state index in [1.54, 1.807) is 7.11 Å². The van der Waals surface area contributed by atoms with E-state index in [0.29, 0.717) is 0 Å². The van der Waals surface area contributed by atoms with Gasteiger partial charge in [-0.15, -0.1) is 0 Å². The summed E-state index contributed by atoms with van der Waals surface area (Å²) < 4.78 is 4.95. The number of rotatable bonds is 5.